The van der Waals surface area contributed by atoms with E-state index in [0.717, 1.165) is 5.56 Å². The van der Waals surface area contributed by atoms with Crippen molar-refractivity contribution in [3.8, 4) is 0 Å². The minimum atomic E-state index is -3.86. The van der Waals surface area contributed by atoms with Crippen LogP contribution in [0, 0.1) is 6.92 Å². The van der Waals surface area contributed by atoms with Gasteiger partial charge in [-0.2, -0.15) is 4.99 Å². The van der Waals surface area contributed by atoms with E-state index in [2.05, 4.69) is 17.2 Å². The third-order valence-electron chi connectivity index (χ3n) is 1.89. The Balaban J connectivity index is 3.42. The molecule has 0 fully saturated rings. The summed E-state index contributed by atoms with van der Waals surface area (Å²) in [7, 11) is -3.86. The fourth-order valence-electron chi connectivity index (χ4n) is 1.07. The van der Waals surface area contributed by atoms with Gasteiger partial charge in [0, 0.05) is 0 Å². The van der Waals surface area contributed by atoms with Crippen LogP contribution >= 0.6 is 35.4 Å². The first-order valence-corrected chi connectivity index (χ1v) is 6.99. The summed E-state index contributed by atoms with van der Waals surface area (Å²) >= 11 is 15.3. The molecule has 17 heavy (non-hydrogen) atoms. The lowest BCUT2D eigenvalue weighted by Crippen LogP contribution is -2.03. The molecular weight excluding hydrogens is 301 g/mol. The van der Waals surface area contributed by atoms with E-state index in [1.807, 2.05) is 12.1 Å². The number of isothiocyanates is 1. The summed E-state index contributed by atoms with van der Waals surface area (Å²) in [5.41, 5.74) is 0.935. The molecule has 0 saturated heterocycles. The molecule has 0 amide bonds. The second kappa shape index (κ2) is 5.76. The lowest BCUT2D eigenvalue weighted by molar-refractivity contribution is 0.601. The van der Waals surface area contributed by atoms with Gasteiger partial charge in [-0.3, -0.25) is 0 Å². The molecule has 0 aliphatic heterocycles. The first kappa shape index (κ1) is 14.4. The van der Waals surface area contributed by atoms with Gasteiger partial charge in [-0.15, -0.1) is 0 Å². The zero-order valence-electron chi connectivity index (χ0n) is 8.65. The number of rotatable bonds is 3. The van der Waals surface area contributed by atoms with E-state index in [0.29, 0.717) is 0 Å². The first-order chi connectivity index (χ1) is 7.89. The van der Waals surface area contributed by atoms with E-state index in [1.165, 1.54) is 12.1 Å². The zero-order valence-corrected chi connectivity index (χ0v) is 11.8. The molecule has 0 aliphatic rings. The number of aryl methyl sites for hydroxylation is 1. The number of benzene rings is 1. The maximum Gasteiger partial charge on any atom is 0.227 e. The number of hydrogen-bond acceptors (Lipinski definition) is 4. The Hall–Kier alpha value is -0.710. The minimum Gasteiger partial charge on any atom is -0.217 e. The van der Waals surface area contributed by atoms with Crippen molar-refractivity contribution in [2.45, 2.75) is 11.8 Å². The number of nitrogens with zero attached hydrogens (tertiary/aromatic N) is 1. The molecular formula is C10H7Cl2NO2S2. The van der Waals surface area contributed by atoms with Crippen LogP contribution < -0.4 is 0 Å². The number of aliphatic imine (C=N–C) groups is 1. The van der Waals surface area contributed by atoms with E-state index in [1.54, 1.807) is 12.1 Å². The van der Waals surface area contributed by atoms with E-state index in [-0.39, 0.29) is 4.90 Å². The van der Waals surface area contributed by atoms with E-state index >= 15 is 0 Å². The van der Waals surface area contributed by atoms with Crippen LogP contribution in [0.25, 0.3) is 0 Å². The largest absolute Gasteiger partial charge is 0.227 e. The first-order valence-electron chi connectivity index (χ1n) is 4.34. The smallest absolute Gasteiger partial charge is 0.217 e. The quantitative estimate of drug-likeness (QED) is 0.634. The van der Waals surface area contributed by atoms with Gasteiger partial charge >= 0.3 is 0 Å². The van der Waals surface area contributed by atoms with Crippen LogP contribution in [0.15, 0.2) is 43.7 Å². The van der Waals surface area contributed by atoms with Gasteiger partial charge in [-0.25, -0.2) is 8.42 Å². The third kappa shape index (κ3) is 3.37. The molecule has 0 atom stereocenters. The molecule has 0 N–H and O–H groups in total. The van der Waals surface area contributed by atoms with Gasteiger partial charge in [0.2, 0.25) is 14.9 Å². The molecule has 0 radical (unpaired) electrons. The Morgan fingerprint density at radius 1 is 1.29 bits per heavy atom. The highest BCUT2D eigenvalue weighted by molar-refractivity contribution is 7.95. The fraction of sp³-hybridized carbons (Fsp3) is 0.100. The minimum absolute atomic E-state index is 0.0471. The van der Waals surface area contributed by atoms with Crippen molar-refractivity contribution < 1.29 is 8.42 Å². The van der Waals surface area contributed by atoms with E-state index in [9.17, 15) is 8.42 Å². The van der Waals surface area contributed by atoms with Crippen LogP contribution in [0.1, 0.15) is 5.56 Å². The van der Waals surface area contributed by atoms with Crippen LogP contribution in [0.4, 0.5) is 0 Å². The number of thiocarbonyl (C=S) groups is 1. The summed E-state index contributed by atoms with van der Waals surface area (Å²) in [4.78, 5) is 3.43. The second-order valence-electron chi connectivity index (χ2n) is 3.09. The molecule has 1 rings (SSSR count). The maximum atomic E-state index is 12.1. The molecule has 7 heteroatoms. The summed E-state index contributed by atoms with van der Waals surface area (Å²) in [6.07, 6.45) is 0. The lowest BCUT2D eigenvalue weighted by Gasteiger charge is -2.04. The van der Waals surface area contributed by atoms with Gasteiger partial charge in [-0.1, -0.05) is 40.9 Å². The summed E-state index contributed by atoms with van der Waals surface area (Å²) in [6, 6.07) is 6.21. The molecule has 0 heterocycles. The Morgan fingerprint density at radius 2 is 1.82 bits per heavy atom. The SMILES string of the molecule is Cc1ccc(S(=O)(=O)C(N=C=S)=C(Cl)Cl)cc1. The molecule has 0 spiro atoms. The normalized spacial score (nSPS) is 10.5. The Morgan fingerprint density at radius 3 is 2.24 bits per heavy atom. The summed E-state index contributed by atoms with van der Waals surface area (Å²) < 4.78 is 23.7. The number of sulfone groups is 1. The Labute approximate surface area is 115 Å². The van der Waals surface area contributed by atoms with Crippen molar-refractivity contribution in [1.82, 2.24) is 0 Å². The highest BCUT2D eigenvalue weighted by atomic mass is 35.5. The average Bonchev–Trinajstić information content (AvgIpc) is 2.25. The molecule has 1 aromatic carbocycles. The second-order valence-corrected chi connectivity index (χ2v) is 6.08. The van der Waals surface area contributed by atoms with Crippen molar-refractivity contribution in [2.75, 3.05) is 0 Å². The monoisotopic (exact) mass is 307 g/mol. The summed E-state index contributed by atoms with van der Waals surface area (Å²) in [5.74, 6) is 0. The van der Waals surface area contributed by atoms with Crippen molar-refractivity contribution in [1.29, 1.82) is 0 Å². The van der Waals surface area contributed by atoms with Crippen LogP contribution in [0.2, 0.25) is 0 Å². The fourth-order valence-corrected chi connectivity index (χ4v) is 3.00. The lowest BCUT2D eigenvalue weighted by atomic mass is 10.2. The molecule has 1 aromatic rings. The van der Waals surface area contributed by atoms with Crippen LogP contribution in [0.3, 0.4) is 0 Å². The van der Waals surface area contributed by atoms with Gasteiger partial charge in [0.1, 0.15) is 4.49 Å². The van der Waals surface area contributed by atoms with Crippen LogP contribution in [0.5, 0.6) is 0 Å². The number of hydrogen-bond donors (Lipinski definition) is 0. The molecule has 0 bridgehead atoms. The van der Waals surface area contributed by atoms with E-state index in [4.69, 9.17) is 23.2 Å². The van der Waals surface area contributed by atoms with E-state index < -0.39 is 19.4 Å². The molecule has 0 aliphatic carbocycles. The molecule has 0 unspecified atom stereocenters. The highest BCUT2D eigenvalue weighted by Crippen LogP contribution is 2.26. The summed E-state index contributed by atoms with van der Waals surface area (Å²) in [5, 5.41) is 1.44. The van der Waals surface area contributed by atoms with Crippen LogP contribution in [-0.2, 0) is 9.84 Å². The standard InChI is InChI=1S/C10H7Cl2NO2S2/c1-7-2-4-8(5-3-7)17(14,15)10(9(11)12)13-6-16/h2-5H,1H3. The van der Waals surface area contributed by atoms with Gasteiger partial charge in [-0.05, 0) is 31.3 Å². The highest BCUT2D eigenvalue weighted by Gasteiger charge is 2.23. The molecule has 0 saturated carbocycles. The predicted molar refractivity (Wildman–Crippen MR) is 72.1 cm³/mol. The molecule has 3 nitrogen and oxygen atoms in total. The molecule has 0 aromatic heterocycles. The third-order valence-corrected chi connectivity index (χ3v) is 4.27. The van der Waals surface area contributed by atoms with Gasteiger partial charge in [0.15, 0.2) is 0 Å². The van der Waals surface area contributed by atoms with Crippen molar-refractivity contribution in [3.63, 3.8) is 0 Å². The predicted octanol–water partition coefficient (Wildman–Crippen LogP) is 3.48. The van der Waals surface area contributed by atoms with Crippen molar-refractivity contribution >= 4 is 50.4 Å². The maximum absolute atomic E-state index is 12.1. The Kier molecular flexibility index (Phi) is 4.86. The zero-order chi connectivity index (χ0) is 13.1. The van der Waals surface area contributed by atoms with Crippen LogP contribution in [-0.4, -0.2) is 13.6 Å². The topological polar surface area (TPSA) is 46.5 Å². The average molecular weight is 308 g/mol. The number of halogens is 2. The van der Waals surface area contributed by atoms with Gasteiger partial charge in [0.05, 0.1) is 10.1 Å². The molecule has 90 valence electrons. The Bertz CT molecular complexity index is 596. The van der Waals surface area contributed by atoms with Gasteiger partial charge in [0.25, 0.3) is 0 Å². The van der Waals surface area contributed by atoms with Crippen molar-refractivity contribution in [2.24, 2.45) is 4.99 Å². The summed E-state index contributed by atoms with van der Waals surface area (Å²) in [6.45, 7) is 1.84. The van der Waals surface area contributed by atoms with Crippen molar-refractivity contribution in [3.05, 3.63) is 39.3 Å². The van der Waals surface area contributed by atoms with Gasteiger partial charge < -0.3 is 0 Å².